The Kier molecular flexibility index (Phi) is 3.76. The van der Waals surface area contributed by atoms with Gasteiger partial charge in [-0.25, -0.2) is 0 Å². The van der Waals surface area contributed by atoms with Crippen LogP contribution in [0.4, 0.5) is 5.69 Å². The molecule has 2 fully saturated rings. The molecule has 2 heterocycles. The number of hydrogen-bond donors (Lipinski definition) is 2. The van der Waals surface area contributed by atoms with Gasteiger partial charge in [-0.1, -0.05) is 23.7 Å². The van der Waals surface area contributed by atoms with Crippen LogP contribution in [0.1, 0.15) is 32.1 Å². The molecule has 3 rings (SSSR count). The smallest absolute Gasteiger partial charge is 0.224 e. The average molecular weight is 279 g/mol. The van der Waals surface area contributed by atoms with Crippen LogP contribution in [0.2, 0.25) is 5.02 Å². The van der Waals surface area contributed by atoms with E-state index >= 15 is 0 Å². The molecular weight excluding hydrogens is 260 g/mol. The third-order valence-corrected chi connectivity index (χ3v) is 4.52. The molecule has 0 radical (unpaired) electrons. The average Bonchev–Trinajstić information content (AvgIpc) is 2.72. The summed E-state index contributed by atoms with van der Waals surface area (Å²) in [7, 11) is 0. The van der Waals surface area contributed by atoms with Gasteiger partial charge in [0.05, 0.1) is 10.7 Å². The van der Waals surface area contributed by atoms with E-state index in [4.69, 9.17) is 11.6 Å². The highest BCUT2D eigenvalue weighted by Crippen LogP contribution is 2.33. The Labute approximate surface area is 118 Å². The van der Waals surface area contributed by atoms with Crippen LogP contribution < -0.4 is 10.6 Å². The van der Waals surface area contributed by atoms with E-state index < -0.39 is 0 Å². The molecule has 0 saturated carbocycles. The van der Waals surface area contributed by atoms with E-state index in [0.717, 1.165) is 12.8 Å². The van der Waals surface area contributed by atoms with Crippen molar-refractivity contribution in [1.82, 2.24) is 5.32 Å². The van der Waals surface area contributed by atoms with Gasteiger partial charge in [-0.15, -0.1) is 0 Å². The Morgan fingerprint density at radius 3 is 2.63 bits per heavy atom. The van der Waals surface area contributed by atoms with Crippen LogP contribution in [0.25, 0.3) is 0 Å². The van der Waals surface area contributed by atoms with Crippen LogP contribution in [-0.2, 0) is 4.79 Å². The second kappa shape index (κ2) is 5.51. The number of nitrogens with one attached hydrogen (secondary N) is 2. The quantitative estimate of drug-likeness (QED) is 0.891. The number of rotatable bonds is 3. The topological polar surface area (TPSA) is 41.1 Å². The number of hydrogen-bond acceptors (Lipinski definition) is 2. The maximum absolute atomic E-state index is 12.1. The zero-order valence-corrected chi connectivity index (χ0v) is 11.6. The van der Waals surface area contributed by atoms with Crippen LogP contribution >= 0.6 is 11.6 Å². The summed E-state index contributed by atoms with van der Waals surface area (Å²) in [5, 5.41) is 7.11. The van der Waals surface area contributed by atoms with Crippen molar-refractivity contribution in [2.45, 2.75) is 44.2 Å². The first-order valence-electron chi connectivity index (χ1n) is 7.01. The number of fused-ring (bicyclic) bond motifs is 2. The lowest BCUT2D eigenvalue weighted by Crippen LogP contribution is -2.39. The van der Waals surface area contributed by atoms with E-state index in [9.17, 15) is 4.79 Å². The first-order chi connectivity index (χ1) is 9.20. The zero-order chi connectivity index (χ0) is 13.2. The van der Waals surface area contributed by atoms with Crippen molar-refractivity contribution in [2.75, 3.05) is 5.32 Å². The van der Waals surface area contributed by atoms with Gasteiger partial charge in [0, 0.05) is 18.5 Å². The predicted molar refractivity (Wildman–Crippen MR) is 77.4 cm³/mol. The van der Waals surface area contributed by atoms with E-state index in [1.807, 2.05) is 18.2 Å². The van der Waals surface area contributed by atoms with Gasteiger partial charge in [0.2, 0.25) is 5.91 Å². The van der Waals surface area contributed by atoms with Crippen molar-refractivity contribution >= 4 is 23.2 Å². The lowest BCUT2D eigenvalue weighted by atomic mass is 9.89. The highest BCUT2D eigenvalue weighted by molar-refractivity contribution is 6.33. The SMILES string of the molecule is O=C(CC1CC2CCC(C1)N2)Nc1ccccc1Cl. The lowest BCUT2D eigenvalue weighted by Gasteiger charge is -2.28. The summed E-state index contributed by atoms with van der Waals surface area (Å²) < 4.78 is 0. The molecule has 3 nitrogen and oxygen atoms in total. The molecule has 4 heteroatoms. The summed E-state index contributed by atoms with van der Waals surface area (Å²) in [6, 6.07) is 8.65. The molecule has 2 bridgehead atoms. The maximum Gasteiger partial charge on any atom is 0.224 e. The monoisotopic (exact) mass is 278 g/mol. The van der Waals surface area contributed by atoms with Crippen molar-refractivity contribution in [3.63, 3.8) is 0 Å². The predicted octanol–water partition coefficient (Wildman–Crippen LogP) is 3.20. The molecule has 1 aromatic carbocycles. The van der Waals surface area contributed by atoms with Gasteiger partial charge in [-0.2, -0.15) is 0 Å². The molecule has 2 aliphatic rings. The Balaban J connectivity index is 1.56. The standard InChI is InChI=1S/C15H19ClN2O/c16-13-3-1-2-4-14(13)18-15(19)9-10-7-11-5-6-12(8-10)17-11/h1-4,10-12,17H,5-9H2,(H,18,19). The van der Waals surface area contributed by atoms with Crippen molar-refractivity contribution < 1.29 is 4.79 Å². The summed E-state index contributed by atoms with van der Waals surface area (Å²) in [5.41, 5.74) is 0.714. The molecule has 2 N–H and O–H groups in total. The van der Waals surface area contributed by atoms with Crippen LogP contribution in [0.3, 0.4) is 0 Å². The maximum atomic E-state index is 12.1. The van der Waals surface area contributed by atoms with E-state index in [0.29, 0.717) is 35.1 Å². The molecule has 19 heavy (non-hydrogen) atoms. The highest BCUT2D eigenvalue weighted by atomic mass is 35.5. The van der Waals surface area contributed by atoms with Crippen molar-refractivity contribution in [2.24, 2.45) is 5.92 Å². The summed E-state index contributed by atoms with van der Waals surface area (Å²) in [5.74, 6) is 0.598. The van der Waals surface area contributed by atoms with Crippen LogP contribution in [-0.4, -0.2) is 18.0 Å². The van der Waals surface area contributed by atoms with Gasteiger partial charge in [0.15, 0.2) is 0 Å². The fourth-order valence-electron chi connectivity index (χ4n) is 3.37. The lowest BCUT2D eigenvalue weighted by molar-refractivity contribution is -0.117. The molecule has 0 spiro atoms. The number of anilines is 1. The van der Waals surface area contributed by atoms with E-state index in [1.54, 1.807) is 6.07 Å². The Bertz CT molecular complexity index is 465. The zero-order valence-electron chi connectivity index (χ0n) is 10.9. The molecule has 0 aromatic heterocycles. The molecule has 2 saturated heterocycles. The highest BCUT2D eigenvalue weighted by Gasteiger charge is 2.34. The summed E-state index contributed by atoms with van der Waals surface area (Å²) in [4.78, 5) is 12.1. The molecule has 102 valence electrons. The molecule has 1 aromatic rings. The van der Waals surface area contributed by atoms with Crippen LogP contribution in [0.15, 0.2) is 24.3 Å². The fourth-order valence-corrected chi connectivity index (χ4v) is 3.55. The number of benzene rings is 1. The third kappa shape index (κ3) is 3.10. The summed E-state index contributed by atoms with van der Waals surface area (Å²) in [6.07, 6.45) is 5.42. The fraction of sp³-hybridized carbons (Fsp3) is 0.533. The van der Waals surface area contributed by atoms with Gasteiger partial charge in [0.1, 0.15) is 0 Å². The number of para-hydroxylation sites is 1. The minimum Gasteiger partial charge on any atom is -0.325 e. The summed E-state index contributed by atoms with van der Waals surface area (Å²) >= 11 is 6.04. The first kappa shape index (κ1) is 12.9. The second-order valence-corrected chi connectivity index (χ2v) is 6.11. The van der Waals surface area contributed by atoms with Crippen molar-refractivity contribution in [3.05, 3.63) is 29.3 Å². The normalized spacial score (nSPS) is 29.2. The number of piperidine rings is 1. The molecule has 2 unspecified atom stereocenters. The minimum atomic E-state index is 0.0828. The Morgan fingerprint density at radius 2 is 1.95 bits per heavy atom. The Hall–Kier alpha value is -1.06. The Morgan fingerprint density at radius 1 is 1.26 bits per heavy atom. The summed E-state index contributed by atoms with van der Waals surface area (Å²) in [6.45, 7) is 0. The first-order valence-corrected chi connectivity index (χ1v) is 7.39. The molecule has 2 aliphatic heterocycles. The van der Waals surface area contributed by atoms with E-state index in [2.05, 4.69) is 10.6 Å². The van der Waals surface area contributed by atoms with Gasteiger partial charge in [0.25, 0.3) is 0 Å². The number of carbonyl (C=O) groups excluding carboxylic acids is 1. The number of halogens is 1. The second-order valence-electron chi connectivity index (χ2n) is 5.71. The number of amides is 1. The van der Waals surface area contributed by atoms with Gasteiger partial charge < -0.3 is 10.6 Å². The minimum absolute atomic E-state index is 0.0828. The van der Waals surface area contributed by atoms with Crippen LogP contribution in [0.5, 0.6) is 0 Å². The molecular formula is C15H19ClN2O. The molecule has 1 amide bonds. The van der Waals surface area contributed by atoms with E-state index in [1.165, 1.54) is 12.8 Å². The van der Waals surface area contributed by atoms with Crippen molar-refractivity contribution in [1.29, 1.82) is 0 Å². The molecule has 2 atom stereocenters. The largest absolute Gasteiger partial charge is 0.325 e. The van der Waals surface area contributed by atoms with Crippen LogP contribution in [0, 0.1) is 5.92 Å². The van der Waals surface area contributed by atoms with Gasteiger partial charge in [-0.3, -0.25) is 4.79 Å². The third-order valence-electron chi connectivity index (χ3n) is 4.19. The molecule has 0 aliphatic carbocycles. The van der Waals surface area contributed by atoms with Gasteiger partial charge in [-0.05, 0) is 43.7 Å². The number of carbonyl (C=O) groups is 1. The van der Waals surface area contributed by atoms with E-state index in [-0.39, 0.29) is 5.91 Å². The van der Waals surface area contributed by atoms with Gasteiger partial charge >= 0.3 is 0 Å². The van der Waals surface area contributed by atoms with Crippen molar-refractivity contribution in [3.8, 4) is 0 Å².